The zero-order chi connectivity index (χ0) is 13.7. The van der Waals surface area contributed by atoms with Crippen molar-refractivity contribution in [1.29, 1.82) is 0 Å². The summed E-state index contributed by atoms with van der Waals surface area (Å²) in [5.74, 6) is 1.45. The van der Waals surface area contributed by atoms with Gasteiger partial charge in [0.05, 0.1) is 7.11 Å². The van der Waals surface area contributed by atoms with Gasteiger partial charge in [-0.3, -0.25) is 4.99 Å². The van der Waals surface area contributed by atoms with Crippen LogP contribution in [0.15, 0.2) is 40.5 Å². The van der Waals surface area contributed by atoms with Crippen LogP contribution < -0.4 is 4.74 Å². The van der Waals surface area contributed by atoms with Crippen LogP contribution in [0.3, 0.4) is 0 Å². The standard InChI is InChI=1S/C18H19NO/c1-18-8-7-15-14-6-4-13(20-2)11-12(14)3-5-16(15)17(18)19-10-9-18/h3-6,10-11,15H,7-9H2,1-2H3. The maximum absolute atomic E-state index is 5.33. The Morgan fingerprint density at radius 1 is 1.30 bits per heavy atom. The Bertz CT molecular complexity index is 668. The van der Waals surface area contributed by atoms with Crippen LogP contribution in [0.5, 0.6) is 5.75 Å². The van der Waals surface area contributed by atoms with E-state index in [2.05, 4.69) is 43.5 Å². The minimum atomic E-state index is 0.278. The summed E-state index contributed by atoms with van der Waals surface area (Å²) in [6.45, 7) is 2.36. The lowest BCUT2D eigenvalue weighted by Crippen LogP contribution is -2.25. The predicted molar refractivity (Wildman–Crippen MR) is 82.2 cm³/mol. The summed E-state index contributed by atoms with van der Waals surface area (Å²) >= 11 is 0. The Kier molecular flexibility index (Phi) is 2.44. The molecule has 0 spiro atoms. The number of hydrogen-bond acceptors (Lipinski definition) is 2. The summed E-state index contributed by atoms with van der Waals surface area (Å²) in [4.78, 5) is 4.70. The first-order valence-electron chi connectivity index (χ1n) is 7.34. The van der Waals surface area contributed by atoms with Crippen molar-refractivity contribution in [3.05, 3.63) is 46.7 Å². The van der Waals surface area contributed by atoms with Crippen molar-refractivity contribution in [3.63, 3.8) is 0 Å². The number of fused-ring (bicyclic) bond motifs is 4. The van der Waals surface area contributed by atoms with E-state index in [1.165, 1.54) is 35.2 Å². The third-order valence-electron chi connectivity index (χ3n) is 5.08. The van der Waals surface area contributed by atoms with Crippen LogP contribution in [-0.4, -0.2) is 13.3 Å². The summed E-state index contributed by atoms with van der Waals surface area (Å²) in [7, 11) is 1.72. The molecule has 1 aromatic carbocycles. The van der Waals surface area contributed by atoms with Gasteiger partial charge in [0.25, 0.3) is 0 Å². The highest BCUT2D eigenvalue weighted by atomic mass is 16.5. The van der Waals surface area contributed by atoms with Crippen LogP contribution in [0.1, 0.15) is 43.2 Å². The van der Waals surface area contributed by atoms with Crippen LogP contribution in [0, 0.1) is 5.41 Å². The maximum atomic E-state index is 5.33. The first-order chi connectivity index (χ1) is 9.71. The van der Waals surface area contributed by atoms with Gasteiger partial charge in [-0.1, -0.05) is 25.1 Å². The lowest BCUT2D eigenvalue weighted by molar-refractivity contribution is 0.343. The molecule has 2 atom stereocenters. The highest BCUT2D eigenvalue weighted by Gasteiger charge is 2.41. The minimum Gasteiger partial charge on any atom is -0.497 e. The van der Waals surface area contributed by atoms with Gasteiger partial charge in [0.1, 0.15) is 5.75 Å². The van der Waals surface area contributed by atoms with Crippen molar-refractivity contribution in [3.8, 4) is 5.75 Å². The zero-order valence-corrected chi connectivity index (χ0v) is 12.0. The van der Waals surface area contributed by atoms with E-state index in [1.54, 1.807) is 7.11 Å². The molecule has 3 aliphatic rings. The van der Waals surface area contributed by atoms with E-state index in [0.29, 0.717) is 5.92 Å². The van der Waals surface area contributed by atoms with E-state index in [1.807, 2.05) is 0 Å². The first-order valence-corrected chi connectivity index (χ1v) is 7.34. The van der Waals surface area contributed by atoms with Gasteiger partial charge in [0.15, 0.2) is 0 Å². The van der Waals surface area contributed by atoms with Crippen LogP contribution in [0.2, 0.25) is 0 Å². The Morgan fingerprint density at radius 3 is 3.05 bits per heavy atom. The summed E-state index contributed by atoms with van der Waals surface area (Å²) in [6.07, 6.45) is 10.2. The van der Waals surface area contributed by atoms with E-state index in [4.69, 9.17) is 9.73 Å². The van der Waals surface area contributed by atoms with E-state index >= 15 is 0 Å². The molecule has 0 amide bonds. The molecule has 102 valence electrons. The number of allylic oxidation sites excluding steroid dienone is 3. The third kappa shape index (κ3) is 1.54. The Morgan fingerprint density at radius 2 is 2.20 bits per heavy atom. The lowest BCUT2D eigenvalue weighted by Gasteiger charge is -2.37. The normalized spacial score (nSPS) is 30.0. The number of benzene rings is 1. The molecule has 0 radical (unpaired) electrons. The molecule has 2 nitrogen and oxygen atoms in total. The largest absolute Gasteiger partial charge is 0.497 e. The van der Waals surface area contributed by atoms with Gasteiger partial charge in [0.2, 0.25) is 0 Å². The van der Waals surface area contributed by atoms with Crippen LogP contribution in [0.4, 0.5) is 0 Å². The summed E-state index contributed by atoms with van der Waals surface area (Å²) in [5.41, 5.74) is 5.76. The van der Waals surface area contributed by atoms with Crippen LogP contribution >= 0.6 is 0 Å². The quantitative estimate of drug-likeness (QED) is 0.740. The fraction of sp³-hybridized carbons (Fsp3) is 0.389. The molecule has 2 aliphatic carbocycles. The van der Waals surface area contributed by atoms with Crippen LogP contribution in [-0.2, 0) is 0 Å². The number of methoxy groups -OCH3 is 1. The Labute approximate surface area is 119 Å². The van der Waals surface area contributed by atoms with E-state index in [-0.39, 0.29) is 5.41 Å². The average molecular weight is 265 g/mol. The fourth-order valence-electron chi connectivity index (χ4n) is 3.86. The zero-order valence-electron chi connectivity index (χ0n) is 12.0. The van der Waals surface area contributed by atoms with Crippen molar-refractivity contribution in [2.45, 2.75) is 32.1 Å². The Balaban J connectivity index is 1.87. The number of nitrogens with zero attached hydrogens (tertiary/aromatic N) is 1. The molecule has 0 fully saturated rings. The second kappa shape index (κ2) is 4.08. The SMILES string of the molecule is COc1ccc2c(c1)C=CC1=C3N=CCC3(C)CCC12. The van der Waals surface area contributed by atoms with Crippen molar-refractivity contribution >= 4 is 12.3 Å². The van der Waals surface area contributed by atoms with Gasteiger partial charge in [-0.2, -0.15) is 0 Å². The average Bonchev–Trinajstić information content (AvgIpc) is 2.88. The van der Waals surface area contributed by atoms with Gasteiger partial charge in [0, 0.05) is 23.2 Å². The first kappa shape index (κ1) is 12.0. The molecule has 2 unspecified atom stereocenters. The molecule has 2 heteroatoms. The summed E-state index contributed by atoms with van der Waals surface area (Å²) in [5, 5.41) is 0. The number of hydrogen-bond donors (Lipinski definition) is 0. The molecule has 0 N–H and O–H groups in total. The smallest absolute Gasteiger partial charge is 0.119 e. The van der Waals surface area contributed by atoms with Gasteiger partial charge in [-0.15, -0.1) is 0 Å². The lowest BCUT2D eigenvalue weighted by atomic mass is 9.67. The van der Waals surface area contributed by atoms with Gasteiger partial charge in [-0.25, -0.2) is 0 Å². The second-order valence-corrected chi connectivity index (χ2v) is 6.30. The minimum absolute atomic E-state index is 0.278. The third-order valence-corrected chi connectivity index (χ3v) is 5.08. The summed E-state index contributed by atoms with van der Waals surface area (Å²) < 4.78 is 5.33. The van der Waals surface area contributed by atoms with Crippen molar-refractivity contribution in [2.24, 2.45) is 10.4 Å². The van der Waals surface area contributed by atoms with Crippen molar-refractivity contribution in [2.75, 3.05) is 7.11 Å². The van der Waals surface area contributed by atoms with Crippen LogP contribution in [0.25, 0.3) is 6.08 Å². The van der Waals surface area contributed by atoms with E-state index in [0.717, 1.165) is 12.2 Å². The molecule has 0 saturated heterocycles. The van der Waals surface area contributed by atoms with Gasteiger partial charge >= 0.3 is 0 Å². The number of rotatable bonds is 1. The highest BCUT2D eigenvalue weighted by Crippen LogP contribution is 2.53. The molecule has 20 heavy (non-hydrogen) atoms. The highest BCUT2D eigenvalue weighted by molar-refractivity contribution is 5.71. The molecular weight excluding hydrogens is 246 g/mol. The van der Waals surface area contributed by atoms with Crippen molar-refractivity contribution in [1.82, 2.24) is 0 Å². The molecule has 4 rings (SSSR count). The molecule has 0 saturated carbocycles. The molecule has 0 aromatic heterocycles. The van der Waals surface area contributed by atoms with E-state index < -0.39 is 0 Å². The molecule has 1 aliphatic heterocycles. The van der Waals surface area contributed by atoms with Gasteiger partial charge in [-0.05, 0) is 48.1 Å². The maximum Gasteiger partial charge on any atom is 0.119 e. The van der Waals surface area contributed by atoms with E-state index in [9.17, 15) is 0 Å². The molecule has 0 bridgehead atoms. The summed E-state index contributed by atoms with van der Waals surface area (Å²) in [6, 6.07) is 6.44. The number of ether oxygens (including phenoxy) is 1. The molecule has 1 aromatic rings. The Hall–Kier alpha value is -1.83. The fourth-order valence-corrected chi connectivity index (χ4v) is 3.86. The topological polar surface area (TPSA) is 21.6 Å². The number of aliphatic imine (C=N–C) groups is 1. The second-order valence-electron chi connectivity index (χ2n) is 6.30. The van der Waals surface area contributed by atoms with Crippen molar-refractivity contribution < 1.29 is 4.74 Å². The molecule has 1 heterocycles. The van der Waals surface area contributed by atoms with Gasteiger partial charge < -0.3 is 4.74 Å². The molecular formula is C18H19NO. The predicted octanol–water partition coefficient (Wildman–Crippen LogP) is 4.33. The monoisotopic (exact) mass is 265 g/mol.